The van der Waals surface area contributed by atoms with Gasteiger partial charge in [-0.25, -0.2) is 8.42 Å². The van der Waals surface area contributed by atoms with Crippen LogP contribution in [-0.2, 0) is 21.2 Å². The Kier molecular flexibility index (Phi) is 9.93. The first kappa shape index (κ1) is 25.3. The third kappa shape index (κ3) is 8.24. The van der Waals surface area contributed by atoms with E-state index >= 15 is 0 Å². The molecule has 0 spiro atoms. The number of para-hydroxylation sites is 1. The second kappa shape index (κ2) is 12.2. The second-order valence-electron chi connectivity index (χ2n) is 7.10. The van der Waals surface area contributed by atoms with E-state index in [0.717, 1.165) is 29.2 Å². The van der Waals surface area contributed by atoms with Crippen LogP contribution in [-0.4, -0.2) is 40.3 Å². The van der Waals surface area contributed by atoms with Gasteiger partial charge < -0.3 is 10.1 Å². The van der Waals surface area contributed by atoms with Crippen molar-refractivity contribution in [3.05, 3.63) is 58.1 Å². The van der Waals surface area contributed by atoms with Crippen LogP contribution in [0.15, 0.2) is 42.5 Å². The van der Waals surface area contributed by atoms with E-state index in [2.05, 4.69) is 12.2 Å². The van der Waals surface area contributed by atoms with Crippen LogP contribution in [0.25, 0.3) is 0 Å². The zero-order valence-electron chi connectivity index (χ0n) is 17.7. The zero-order valence-corrected chi connectivity index (χ0v) is 20.1. The van der Waals surface area contributed by atoms with Crippen molar-refractivity contribution >= 4 is 44.8 Å². The highest BCUT2D eigenvalue weighted by molar-refractivity contribution is 7.92. The molecule has 170 valence electrons. The van der Waals surface area contributed by atoms with Crippen molar-refractivity contribution in [2.24, 2.45) is 0 Å². The van der Waals surface area contributed by atoms with Gasteiger partial charge >= 0.3 is 0 Å². The molecule has 0 heterocycles. The molecule has 0 saturated heterocycles. The minimum Gasteiger partial charge on any atom is -0.492 e. The molecule has 0 aromatic heterocycles. The van der Waals surface area contributed by atoms with E-state index in [-0.39, 0.29) is 34.6 Å². The number of halogens is 2. The van der Waals surface area contributed by atoms with Gasteiger partial charge in [0.15, 0.2) is 0 Å². The number of amides is 1. The summed E-state index contributed by atoms with van der Waals surface area (Å²) in [6.45, 7) is 2.94. The molecule has 6 nitrogen and oxygen atoms in total. The first-order chi connectivity index (χ1) is 14.7. The number of aryl methyl sites for hydroxylation is 1. The number of carbonyl (C=O) groups excluding carboxylic acids is 1. The molecule has 31 heavy (non-hydrogen) atoms. The lowest BCUT2D eigenvalue weighted by atomic mass is 10.1. The van der Waals surface area contributed by atoms with Gasteiger partial charge in [-0.1, -0.05) is 54.7 Å². The van der Waals surface area contributed by atoms with Gasteiger partial charge in [-0.05, 0) is 42.7 Å². The van der Waals surface area contributed by atoms with Crippen LogP contribution in [0.3, 0.4) is 0 Å². The maximum Gasteiger partial charge on any atom is 0.232 e. The molecule has 0 aliphatic carbocycles. The normalized spacial score (nSPS) is 11.2. The lowest BCUT2D eigenvalue weighted by molar-refractivity contribution is -0.121. The molecule has 1 amide bonds. The number of carbonyl (C=O) groups is 1. The monoisotopic (exact) mass is 486 g/mol. The third-order valence-electron chi connectivity index (χ3n) is 4.51. The van der Waals surface area contributed by atoms with E-state index in [1.54, 1.807) is 18.2 Å². The molecular weight excluding hydrogens is 459 g/mol. The van der Waals surface area contributed by atoms with E-state index in [4.69, 9.17) is 27.9 Å². The Bertz CT molecular complexity index is 946. The van der Waals surface area contributed by atoms with Gasteiger partial charge in [-0.2, -0.15) is 0 Å². The molecule has 0 aliphatic rings. The van der Waals surface area contributed by atoms with Crippen molar-refractivity contribution in [1.82, 2.24) is 5.32 Å². The Morgan fingerprint density at radius 2 is 1.74 bits per heavy atom. The number of hydrogen-bond donors (Lipinski definition) is 1. The maximum absolute atomic E-state index is 12.2. The predicted octanol–water partition coefficient (Wildman–Crippen LogP) is 4.69. The van der Waals surface area contributed by atoms with Gasteiger partial charge in [0.2, 0.25) is 15.9 Å². The lowest BCUT2D eigenvalue weighted by Gasteiger charge is -2.24. The lowest BCUT2D eigenvalue weighted by Crippen LogP contribution is -2.33. The third-order valence-corrected chi connectivity index (χ3v) is 6.28. The van der Waals surface area contributed by atoms with Crippen LogP contribution in [0.5, 0.6) is 5.75 Å². The first-order valence-electron chi connectivity index (χ1n) is 10.1. The van der Waals surface area contributed by atoms with Crippen molar-refractivity contribution in [3.8, 4) is 5.75 Å². The molecular formula is C22H28Cl2N2O4S. The van der Waals surface area contributed by atoms with Crippen LogP contribution in [0, 0.1) is 0 Å². The molecule has 0 radical (unpaired) electrons. The first-order valence-corrected chi connectivity index (χ1v) is 12.7. The largest absolute Gasteiger partial charge is 0.492 e. The molecule has 2 aromatic carbocycles. The molecule has 0 aliphatic heterocycles. The summed E-state index contributed by atoms with van der Waals surface area (Å²) in [6, 6.07) is 12.7. The second-order valence-corrected chi connectivity index (χ2v) is 9.82. The molecule has 0 fully saturated rings. The Morgan fingerprint density at radius 1 is 1.10 bits per heavy atom. The average molecular weight is 487 g/mol. The molecule has 0 unspecified atom stereocenters. The van der Waals surface area contributed by atoms with Gasteiger partial charge in [-0.3, -0.25) is 9.10 Å². The van der Waals surface area contributed by atoms with Crippen LogP contribution in [0.2, 0.25) is 10.0 Å². The van der Waals surface area contributed by atoms with Crippen molar-refractivity contribution in [3.63, 3.8) is 0 Å². The summed E-state index contributed by atoms with van der Waals surface area (Å²) in [6.07, 6.45) is 3.70. The van der Waals surface area contributed by atoms with Crippen molar-refractivity contribution in [1.29, 1.82) is 0 Å². The Morgan fingerprint density at radius 3 is 2.32 bits per heavy atom. The Labute approximate surface area is 194 Å². The van der Waals surface area contributed by atoms with E-state index in [9.17, 15) is 13.2 Å². The molecule has 0 saturated carbocycles. The number of rotatable bonds is 12. The van der Waals surface area contributed by atoms with Gasteiger partial charge in [-0.15, -0.1) is 0 Å². The van der Waals surface area contributed by atoms with Gasteiger partial charge in [0.1, 0.15) is 12.4 Å². The van der Waals surface area contributed by atoms with Gasteiger partial charge in [0, 0.05) is 13.0 Å². The van der Waals surface area contributed by atoms with Crippen LogP contribution >= 0.6 is 23.2 Å². The standard InChI is InChI=1S/C22H28Cl2N2O4S/c1-3-6-17-10-12-18(13-11-17)30-16-14-25-21(27)9-5-15-26(31(2,28)29)22-19(23)7-4-8-20(22)24/h4,7-8,10-13H,3,5-6,9,14-16H2,1-2H3,(H,25,27). The fourth-order valence-corrected chi connectivity index (χ4v) is 4.73. The topological polar surface area (TPSA) is 75.7 Å². The molecule has 0 atom stereocenters. The number of benzene rings is 2. The fourth-order valence-electron chi connectivity index (χ4n) is 3.04. The van der Waals surface area contributed by atoms with Crippen LogP contribution in [0.1, 0.15) is 31.7 Å². The molecule has 9 heteroatoms. The summed E-state index contributed by atoms with van der Waals surface area (Å²) in [7, 11) is -3.61. The number of anilines is 1. The predicted molar refractivity (Wildman–Crippen MR) is 127 cm³/mol. The molecule has 0 bridgehead atoms. The summed E-state index contributed by atoms with van der Waals surface area (Å²) in [4.78, 5) is 12.1. The van der Waals surface area contributed by atoms with E-state index in [0.29, 0.717) is 19.6 Å². The number of ether oxygens (including phenoxy) is 1. The van der Waals surface area contributed by atoms with E-state index in [1.165, 1.54) is 5.56 Å². The summed E-state index contributed by atoms with van der Waals surface area (Å²) in [5.41, 5.74) is 1.50. The number of hydrogen-bond acceptors (Lipinski definition) is 4. The number of nitrogens with one attached hydrogen (secondary N) is 1. The number of sulfonamides is 1. The van der Waals surface area contributed by atoms with Crippen molar-refractivity contribution in [2.75, 3.05) is 30.3 Å². The minimum absolute atomic E-state index is 0.0936. The highest BCUT2D eigenvalue weighted by Gasteiger charge is 2.22. The summed E-state index contributed by atoms with van der Waals surface area (Å²) in [5.74, 6) is 0.579. The zero-order chi connectivity index (χ0) is 22.9. The molecule has 2 rings (SSSR count). The van der Waals surface area contributed by atoms with Gasteiger partial charge in [0.25, 0.3) is 0 Å². The highest BCUT2D eigenvalue weighted by Crippen LogP contribution is 2.35. The van der Waals surface area contributed by atoms with Crippen LogP contribution < -0.4 is 14.4 Å². The Balaban J connectivity index is 1.77. The molecule has 2 aromatic rings. The fraction of sp³-hybridized carbons (Fsp3) is 0.409. The summed E-state index contributed by atoms with van der Waals surface area (Å²) >= 11 is 12.3. The number of nitrogens with zero attached hydrogens (tertiary/aromatic N) is 1. The summed E-state index contributed by atoms with van der Waals surface area (Å²) in [5, 5.41) is 3.25. The van der Waals surface area contributed by atoms with Gasteiger partial charge in [0.05, 0.1) is 28.5 Å². The quantitative estimate of drug-likeness (QED) is 0.441. The van der Waals surface area contributed by atoms with Crippen molar-refractivity contribution in [2.45, 2.75) is 32.6 Å². The van der Waals surface area contributed by atoms with E-state index < -0.39 is 10.0 Å². The average Bonchev–Trinajstić information content (AvgIpc) is 2.70. The maximum atomic E-state index is 12.2. The minimum atomic E-state index is -3.61. The van der Waals surface area contributed by atoms with E-state index in [1.807, 2.05) is 24.3 Å². The molecule has 1 N–H and O–H groups in total. The SMILES string of the molecule is CCCc1ccc(OCCNC(=O)CCCN(c2c(Cl)cccc2Cl)S(C)(=O)=O)cc1. The highest BCUT2D eigenvalue weighted by atomic mass is 35.5. The summed E-state index contributed by atoms with van der Waals surface area (Å²) < 4.78 is 31.2. The van der Waals surface area contributed by atoms with Crippen molar-refractivity contribution < 1.29 is 17.9 Å². The Hall–Kier alpha value is -1.96. The smallest absolute Gasteiger partial charge is 0.232 e. The van der Waals surface area contributed by atoms with Crippen LogP contribution in [0.4, 0.5) is 5.69 Å².